The van der Waals surface area contributed by atoms with Crippen LogP contribution in [0.25, 0.3) is 4.72 Å². The second kappa shape index (κ2) is 6.12. The van der Waals surface area contributed by atoms with Crippen LogP contribution in [0.2, 0.25) is 10.0 Å². The van der Waals surface area contributed by atoms with E-state index in [0.717, 1.165) is 0 Å². The van der Waals surface area contributed by atoms with E-state index in [1.54, 1.807) is 0 Å². The van der Waals surface area contributed by atoms with Crippen LogP contribution in [0.5, 0.6) is 0 Å². The van der Waals surface area contributed by atoms with E-state index in [9.17, 15) is 18.5 Å². The summed E-state index contributed by atoms with van der Waals surface area (Å²) < 4.78 is 28.3. The van der Waals surface area contributed by atoms with Crippen LogP contribution in [-0.4, -0.2) is 13.3 Å². The molecule has 0 saturated heterocycles. The summed E-state index contributed by atoms with van der Waals surface area (Å²) in [5, 5.41) is 10.9. The van der Waals surface area contributed by atoms with Gasteiger partial charge in [0.2, 0.25) is 0 Å². The number of hydrogen-bond acceptors (Lipinski definition) is 4. The fourth-order valence-corrected chi connectivity index (χ4v) is 3.51. The lowest BCUT2D eigenvalue weighted by atomic mass is 10.2. The van der Waals surface area contributed by atoms with Gasteiger partial charge in [-0.2, -0.15) is 0 Å². The zero-order chi connectivity index (χ0) is 16.5. The molecule has 0 atom stereocenters. The summed E-state index contributed by atoms with van der Waals surface area (Å²) in [4.78, 5) is 9.88. The van der Waals surface area contributed by atoms with Crippen molar-refractivity contribution >= 4 is 44.6 Å². The van der Waals surface area contributed by atoms with Gasteiger partial charge in [0.05, 0.1) is 14.8 Å². The summed E-state index contributed by atoms with van der Waals surface area (Å²) in [5.74, 6) is 0. The molecule has 0 N–H and O–H groups in total. The third-order valence-electron chi connectivity index (χ3n) is 2.78. The molecule has 2 aromatic rings. The van der Waals surface area contributed by atoms with E-state index in [0.29, 0.717) is 5.56 Å². The van der Waals surface area contributed by atoms with Crippen molar-refractivity contribution < 1.29 is 13.3 Å². The molecule has 2 rings (SSSR count). The minimum Gasteiger partial charge on any atom is -0.572 e. The smallest absolute Gasteiger partial charge is 0.269 e. The molecule has 0 fully saturated rings. The number of benzene rings is 2. The molecule has 0 bridgehead atoms. The molecule has 0 amide bonds. The molecule has 0 aliphatic rings. The van der Waals surface area contributed by atoms with E-state index >= 15 is 0 Å². The first-order valence-corrected chi connectivity index (χ1v) is 8.08. The highest BCUT2D eigenvalue weighted by Crippen LogP contribution is 2.35. The first-order valence-electron chi connectivity index (χ1n) is 5.89. The third-order valence-corrected chi connectivity index (χ3v) is 4.79. The van der Waals surface area contributed by atoms with E-state index < -0.39 is 14.9 Å². The Kier molecular flexibility index (Phi) is 4.60. The normalized spacial score (nSPS) is 11.2. The topological polar surface area (TPSA) is 91.4 Å². The second-order valence-corrected chi connectivity index (χ2v) is 6.79. The maximum Gasteiger partial charge on any atom is 0.269 e. The Morgan fingerprint density at radius 3 is 2.41 bits per heavy atom. The number of nitrogens with zero attached hydrogens (tertiary/aromatic N) is 2. The molecule has 0 aliphatic heterocycles. The van der Waals surface area contributed by atoms with Gasteiger partial charge in [-0.05, 0) is 25.1 Å². The van der Waals surface area contributed by atoms with Crippen molar-refractivity contribution in [2.75, 3.05) is 0 Å². The summed E-state index contributed by atoms with van der Waals surface area (Å²) in [7, 11) is -4.08. The Morgan fingerprint density at radius 2 is 1.82 bits per heavy atom. The monoisotopic (exact) mass is 359 g/mol. The van der Waals surface area contributed by atoms with E-state index in [2.05, 4.69) is 4.72 Å². The van der Waals surface area contributed by atoms with Crippen molar-refractivity contribution in [3.63, 3.8) is 0 Å². The van der Waals surface area contributed by atoms with Crippen LogP contribution in [0.4, 0.5) is 11.4 Å². The second-order valence-electron chi connectivity index (χ2n) is 4.37. The Labute approximate surface area is 136 Å². The number of non-ortho nitro benzene ring substituents is 1. The lowest BCUT2D eigenvalue weighted by molar-refractivity contribution is -0.384. The summed E-state index contributed by atoms with van der Waals surface area (Å²) in [6, 6.07) is 7.71. The van der Waals surface area contributed by atoms with Crippen LogP contribution in [0.1, 0.15) is 5.56 Å². The molecule has 0 aliphatic carbocycles. The van der Waals surface area contributed by atoms with Crippen LogP contribution in [0, 0.1) is 17.0 Å². The molecule has 0 aromatic heterocycles. The van der Waals surface area contributed by atoms with Crippen molar-refractivity contribution in [2.45, 2.75) is 11.8 Å². The molecule has 0 radical (unpaired) electrons. The number of nitro benzene ring substituents is 1. The van der Waals surface area contributed by atoms with Gasteiger partial charge in [0, 0.05) is 17.2 Å². The summed E-state index contributed by atoms with van der Waals surface area (Å²) in [6.45, 7) is 1.53. The van der Waals surface area contributed by atoms with Gasteiger partial charge in [-0.15, -0.1) is 5.69 Å². The van der Waals surface area contributed by atoms with Crippen molar-refractivity contribution in [3.8, 4) is 0 Å². The summed E-state index contributed by atoms with van der Waals surface area (Å²) in [6.07, 6.45) is 0. The fraction of sp³-hybridized carbons (Fsp3) is 0.0769. The van der Waals surface area contributed by atoms with Gasteiger partial charge in [0.15, 0.2) is 0 Å². The summed E-state index contributed by atoms with van der Waals surface area (Å²) in [5.41, 5.74) is 0.312. The number of rotatable bonds is 4. The van der Waals surface area contributed by atoms with E-state index in [-0.39, 0.29) is 26.3 Å². The van der Waals surface area contributed by atoms with Gasteiger partial charge in [-0.25, -0.2) is 8.42 Å². The predicted molar refractivity (Wildman–Crippen MR) is 84.5 cm³/mol. The lowest BCUT2D eigenvalue weighted by Crippen LogP contribution is -2.00. The van der Waals surface area contributed by atoms with E-state index in [1.807, 2.05) is 0 Å². The number of halogens is 2. The fourth-order valence-electron chi connectivity index (χ4n) is 1.71. The van der Waals surface area contributed by atoms with Gasteiger partial charge in [-0.3, -0.25) is 10.1 Å². The molecule has 9 heteroatoms. The first-order chi connectivity index (χ1) is 10.2. The van der Waals surface area contributed by atoms with Gasteiger partial charge >= 0.3 is 0 Å². The van der Waals surface area contributed by atoms with Gasteiger partial charge < -0.3 is 4.72 Å². The number of hydrogen-bond donors (Lipinski definition) is 0. The standard InChI is InChI=1S/C13H9Cl2N2O4S/c1-8-6-10(17(18)19)3-5-12(8)16-22(20,21)13-7-9(14)2-4-11(13)15/h2-7H,1H3/q-1. The van der Waals surface area contributed by atoms with Crippen molar-refractivity contribution in [2.24, 2.45) is 0 Å². The maximum atomic E-state index is 12.3. The number of aryl methyl sites for hydroxylation is 1. The molecular weight excluding hydrogens is 351 g/mol. The third kappa shape index (κ3) is 3.49. The minimum absolute atomic E-state index is 0.00675. The highest BCUT2D eigenvalue weighted by Gasteiger charge is 2.12. The highest BCUT2D eigenvalue weighted by atomic mass is 35.5. The quantitative estimate of drug-likeness (QED) is 0.588. The molecule has 0 spiro atoms. The molecule has 2 aromatic carbocycles. The molecule has 6 nitrogen and oxygen atoms in total. The molecule has 0 saturated carbocycles. The van der Waals surface area contributed by atoms with Crippen molar-refractivity contribution in [3.05, 3.63) is 66.8 Å². The zero-order valence-corrected chi connectivity index (χ0v) is 13.5. The Balaban J connectivity index is 2.41. The average molecular weight is 360 g/mol. The van der Waals surface area contributed by atoms with E-state index in [4.69, 9.17) is 23.2 Å². The SMILES string of the molecule is Cc1cc([N+](=O)[O-])ccc1[N-]S(=O)(=O)c1cc(Cl)ccc1Cl. The van der Waals surface area contributed by atoms with Crippen LogP contribution in [-0.2, 0) is 10.0 Å². The molecule has 22 heavy (non-hydrogen) atoms. The first kappa shape index (κ1) is 16.5. The van der Waals surface area contributed by atoms with Crippen molar-refractivity contribution in [1.82, 2.24) is 0 Å². The number of nitro groups is 1. The highest BCUT2D eigenvalue weighted by molar-refractivity contribution is 7.94. The number of sulfonamides is 1. The minimum atomic E-state index is -4.08. The van der Waals surface area contributed by atoms with Crippen LogP contribution in [0.3, 0.4) is 0 Å². The molecule has 0 unspecified atom stereocenters. The van der Waals surface area contributed by atoms with E-state index in [1.165, 1.54) is 43.3 Å². The van der Waals surface area contributed by atoms with Gasteiger partial charge in [0.25, 0.3) is 5.69 Å². The molecular formula is C13H9Cl2N2O4S-. The van der Waals surface area contributed by atoms with Crippen LogP contribution in [0.15, 0.2) is 41.3 Å². The Bertz CT molecular complexity index is 853. The van der Waals surface area contributed by atoms with Gasteiger partial charge in [0.1, 0.15) is 10.0 Å². The molecule has 116 valence electrons. The Hall–Kier alpha value is -1.83. The zero-order valence-electron chi connectivity index (χ0n) is 11.2. The average Bonchev–Trinajstić information content (AvgIpc) is 2.43. The Morgan fingerprint density at radius 1 is 1.14 bits per heavy atom. The maximum absolute atomic E-state index is 12.3. The predicted octanol–water partition coefficient (Wildman–Crippen LogP) is 4.60. The van der Waals surface area contributed by atoms with Crippen molar-refractivity contribution in [1.29, 1.82) is 0 Å². The van der Waals surface area contributed by atoms with Gasteiger partial charge in [-0.1, -0.05) is 34.8 Å². The summed E-state index contributed by atoms with van der Waals surface area (Å²) >= 11 is 11.6. The van der Waals surface area contributed by atoms with Crippen LogP contribution < -0.4 is 0 Å². The lowest BCUT2D eigenvalue weighted by Gasteiger charge is -2.24. The largest absolute Gasteiger partial charge is 0.572 e. The molecule has 0 heterocycles. The van der Waals surface area contributed by atoms with Crippen LogP contribution >= 0.6 is 23.2 Å².